The minimum atomic E-state index is -3.53. The Morgan fingerprint density at radius 3 is 2.42 bits per heavy atom. The van der Waals surface area contributed by atoms with Crippen LogP contribution in [0, 0.1) is 0 Å². The summed E-state index contributed by atoms with van der Waals surface area (Å²) in [5, 5.41) is 1.68. The van der Waals surface area contributed by atoms with Gasteiger partial charge in [-0.15, -0.1) is 11.3 Å². The van der Waals surface area contributed by atoms with Crippen molar-refractivity contribution in [1.29, 1.82) is 0 Å². The Morgan fingerprint density at radius 1 is 1.26 bits per heavy atom. The van der Waals surface area contributed by atoms with Crippen LogP contribution in [0.25, 0.3) is 0 Å². The lowest BCUT2D eigenvalue weighted by molar-refractivity contribution is 0.416. The molecule has 0 radical (unpaired) electrons. The molecular formula is C10H18N2O4S3. The summed E-state index contributed by atoms with van der Waals surface area (Å²) < 4.78 is 50.4. The van der Waals surface area contributed by atoms with E-state index in [9.17, 15) is 16.8 Å². The molecule has 110 valence electrons. The predicted octanol–water partition coefficient (Wildman–Crippen LogP) is 0.698. The predicted molar refractivity (Wildman–Crippen MR) is 76.2 cm³/mol. The maximum absolute atomic E-state index is 11.8. The number of hydrogen-bond acceptors (Lipinski definition) is 5. The van der Waals surface area contributed by atoms with Gasteiger partial charge in [0.2, 0.25) is 20.0 Å². The Balaban J connectivity index is 2.58. The molecule has 0 amide bonds. The van der Waals surface area contributed by atoms with Crippen LogP contribution < -0.4 is 4.72 Å². The van der Waals surface area contributed by atoms with Crippen molar-refractivity contribution in [2.75, 3.05) is 25.9 Å². The molecular weight excluding hydrogens is 308 g/mol. The normalized spacial score (nSPS) is 13.0. The molecule has 6 nitrogen and oxygen atoms in total. The maximum atomic E-state index is 11.8. The van der Waals surface area contributed by atoms with E-state index in [2.05, 4.69) is 4.72 Å². The van der Waals surface area contributed by atoms with Gasteiger partial charge in [0.25, 0.3) is 0 Å². The van der Waals surface area contributed by atoms with Crippen molar-refractivity contribution in [2.45, 2.75) is 17.6 Å². The Morgan fingerprint density at radius 2 is 1.95 bits per heavy atom. The van der Waals surface area contributed by atoms with E-state index < -0.39 is 20.0 Å². The van der Waals surface area contributed by atoms with Crippen LogP contribution in [0.3, 0.4) is 0 Å². The fraction of sp³-hybridized carbons (Fsp3) is 0.600. The van der Waals surface area contributed by atoms with Gasteiger partial charge in [-0.2, -0.15) is 0 Å². The summed E-state index contributed by atoms with van der Waals surface area (Å²) in [6, 6.07) is 3.16. The Labute approximate surface area is 118 Å². The van der Waals surface area contributed by atoms with Gasteiger partial charge in [-0.05, 0) is 17.9 Å². The van der Waals surface area contributed by atoms with E-state index in [1.165, 1.54) is 10.4 Å². The highest BCUT2D eigenvalue weighted by molar-refractivity contribution is 7.91. The van der Waals surface area contributed by atoms with Crippen molar-refractivity contribution in [1.82, 2.24) is 9.03 Å². The molecule has 0 aliphatic heterocycles. The first-order valence-corrected chi connectivity index (χ1v) is 9.97. The molecule has 0 saturated heterocycles. The average Bonchev–Trinajstić information content (AvgIpc) is 2.80. The lowest BCUT2D eigenvalue weighted by atomic mass is 10.5. The third kappa shape index (κ3) is 5.19. The molecule has 0 aromatic carbocycles. The molecule has 19 heavy (non-hydrogen) atoms. The van der Waals surface area contributed by atoms with E-state index in [0.717, 1.165) is 17.6 Å². The second kappa shape index (κ2) is 6.80. The largest absolute Gasteiger partial charge is 0.250 e. The SMILES string of the molecule is CCCN(CCNS(=O)(=O)c1cccs1)S(C)(=O)=O. The highest BCUT2D eigenvalue weighted by atomic mass is 32.2. The molecule has 9 heteroatoms. The molecule has 0 unspecified atom stereocenters. The van der Waals surface area contributed by atoms with Gasteiger partial charge in [-0.3, -0.25) is 0 Å². The number of hydrogen-bond donors (Lipinski definition) is 1. The first-order valence-electron chi connectivity index (χ1n) is 5.75. The second-order valence-electron chi connectivity index (χ2n) is 3.99. The number of rotatable bonds is 8. The van der Waals surface area contributed by atoms with Gasteiger partial charge >= 0.3 is 0 Å². The smallest absolute Gasteiger partial charge is 0.213 e. The molecule has 0 aliphatic rings. The summed E-state index contributed by atoms with van der Waals surface area (Å²) in [5.41, 5.74) is 0. The molecule has 0 spiro atoms. The van der Waals surface area contributed by atoms with Gasteiger partial charge in [0.15, 0.2) is 0 Å². The summed E-state index contributed by atoms with van der Waals surface area (Å²) in [4.78, 5) is 0. The molecule has 1 aromatic heterocycles. The zero-order valence-electron chi connectivity index (χ0n) is 10.9. The van der Waals surface area contributed by atoms with Crippen LogP contribution in [0.1, 0.15) is 13.3 Å². The molecule has 0 saturated carbocycles. The Bertz CT molecular complexity index is 578. The third-order valence-corrected chi connectivity index (χ3v) is 6.52. The van der Waals surface area contributed by atoms with Gasteiger partial charge in [0.05, 0.1) is 6.26 Å². The van der Waals surface area contributed by atoms with Crippen molar-refractivity contribution in [3.63, 3.8) is 0 Å². The van der Waals surface area contributed by atoms with E-state index in [0.29, 0.717) is 13.0 Å². The number of sulfonamides is 2. The zero-order chi connectivity index (χ0) is 14.5. The molecule has 1 rings (SSSR count). The van der Waals surface area contributed by atoms with Crippen LogP contribution in [-0.4, -0.2) is 47.0 Å². The van der Waals surface area contributed by atoms with Crippen molar-refractivity contribution < 1.29 is 16.8 Å². The Kier molecular flexibility index (Phi) is 5.93. The molecule has 0 aliphatic carbocycles. The summed E-state index contributed by atoms with van der Waals surface area (Å²) in [7, 11) is -6.82. The zero-order valence-corrected chi connectivity index (χ0v) is 13.3. The maximum Gasteiger partial charge on any atom is 0.250 e. The lowest BCUT2D eigenvalue weighted by Crippen LogP contribution is -2.38. The molecule has 1 N–H and O–H groups in total. The van der Waals surface area contributed by atoms with Gasteiger partial charge in [0.1, 0.15) is 4.21 Å². The third-order valence-electron chi connectivity index (χ3n) is 2.36. The molecule has 1 aromatic rings. The van der Waals surface area contributed by atoms with Crippen molar-refractivity contribution in [2.24, 2.45) is 0 Å². The van der Waals surface area contributed by atoms with E-state index in [4.69, 9.17) is 0 Å². The summed E-state index contributed by atoms with van der Waals surface area (Å²) in [6.45, 7) is 2.46. The number of thiophene rings is 1. The van der Waals surface area contributed by atoms with Gasteiger partial charge in [0, 0.05) is 19.6 Å². The van der Waals surface area contributed by atoms with Crippen LogP contribution in [0.2, 0.25) is 0 Å². The van der Waals surface area contributed by atoms with Crippen LogP contribution in [0.4, 0.5) is 0 Å². The van der Waals surface area contributed by atoms with Crippen LogP contribution >= 0.6 is 11.3 Å². The van der Waals surface area contributed by atoms with Crippen LogP contribution in [0.15, 0.2) is 21.7 Å². The number of nitrogens with zero attached hydrogens (tertiary/aromatic N) is 1. The van der Waals surface area contributed by atoms with E-state index >= 15 is 0 Å². The quantitative estimate of drug-likeness (QED) is 0.762. The first kappa shape index (κ1) is 16.6. The summed E-state index contributed by atoms with van der Waals surface area (Å²) >= 11 is 1.12. The molecule has 0 fully saturated rings. The number of nitrogens with one attached hydrogen (secondary N) is 1. The van der Waals surface area contributed by atoms with Gasteiger partial charge in [-0.25, -0.2) is 25.9 Å². The van der Waals surface area contributed by atoms with Crippen LogP contribution in [0.5, 0.6) is 0 Å². The van der Waals surface area contributed by atoms with Crippen molar-refractivity contribution in [3.8, 4) is 0 Å². The lowest BCUT2D eigenvalue weighted by Gasteiger charge is -2.19. The monoisotopic (exact) mass is 326 g/mol. The van der Waals surface area contributed by atoms with E-state index in [-0.39, 0.29) is 17.3 Å². The topological polar surface area (TPSA) is 83.6 Å². The average molecular weight is 326 g/mol. The molecule has 1 heterocycles. The van der Waals surface area contributed by atoms with Gasteiger partial charge in [-0.1, -0.05) is 13.0 Å². The highest BCUT2D eigenvalue weighted by Crippen LogP contribution is 2.14. The summed E-state index contributed by atoms with van der Waals surface area (Å²) in [5.74, 6) is 0. The second-order valence-corrected chi connectivity index (χ2v) is 8.92. The van der Waals surface area contributed by atoms with Crippen molar-refractivity contribution >= 4 is 31.4 Å². The van der Waals surface area contributed by atoms with Gasteiger partial charge < -0.3 is 0 Å². The fourth-order valence-electron chi connectivity index (χ4n) is 1.49. The summed E-state index contributed by atoms with van der Waals surface area (Å²) in [6.07, 6.45) is 1.81. The first-order chi connectivity index (χ1) is 8.77. The Hall–Kier alpha value is -0.480. The van der Waals surface area contributed by atoms with E-state index in [1.54, 1.807) is 11.4 Å². The standard InChI is InChI=1S/C10H18N2O4S3/c1-3-7-12(18(2,13)14)8-6-11-19(15,16)10-5-4-9-17-10/h4-5,9,11H,3,6-8H2,1-2H3. The minimum absolute atomic E-state index is 0.0628. The molecule has 0 atom stereocenters. The van der Waals surface area contributed by atoms with E-state index in [1.807, 2.05) is 6.92 Å². The minimum Gasteiger partial charge on any atom is -0.213 e. The van der Waals surface area contributed by atoms with Crippen LogP contribution in [-0.2, 0) is 20.0 Å². The van der Waals surface area contributed by atoms with Crippen molar-refractivity contribution in [3.05, 3.63) is 17.5 Å². The fourth-order valence-corrected chi connectivity index (χ4v) is 4.48. The molecule has 0 bridgehead atoms. The highest BCUT2D eigenvalue weighted by Gasteiger charge is 2.18.